The average Bonchev–Trinajstić information content (AvgIpc) is 2.30. The normalized spacial score (nSPS) is 9.08. The van der Waals surface area contributed by atoms with E-state index in [1.165, 1.54) is 23.1 Å². The summed E-state index contributed by atoms with van der Waals surface area (Å²) in [4.78, 5) is 4.55. The molecule has 5 nitrogen and oxygen atoms in total. The van der Waals surface area contributed by atoms with Gasteiger partial charge in [-0.05, 0) is 6.26 Å². The standard InChI is InChI=1S/C5H8N4S2.H2O/c1-10-5-9-4(8)2(11-5)3(6)7;/h8H2,1H3,(H3,6,7);1H2. The number of aromatic nitrogens is 1. The number of nitrogen functional groups attached to an aromatic ring is 2. The fourth-order valence-corrected chi connectivity index (χ4v) is 1.94. The van der Waals surface area contributed by atoms with Crippen LogP contribution in [0.25, 0.3) is 0 Å². The zero-order chi connectivity index (χ0) is 8.43. The third-order valence-electron chi connectivity index (χ3n) is 1.05. The van der Waals surface area contributed by atoms with Gasteiger partial charge in [-0.3, -0.25) is 5.41 Å². The van der Waals surface area contributed by atoms with E-state index in [2.05, 4.69) is 4.98 Å². The van der Waals surface area contributed by atoms with Gasteiger partial charge in [0.2, 0.25) is 0 Å². The number of amidine groups is 1. The van der Waals surface area contributed by atoms with Gasteiger partial charge in [-0.15, -0.1) is 11.3 Å². The highest BCUT2D eigenvalue weighted by molar-refractivity contribution is 8.00. The molecule has 0 fully saturated rings. The molecule has 1 aromatic heterocycles. The first-order valence-electron chi connectivity index (χ1n) is 2.80. The van der Waals surface area contributed by atoms with Crippen LogP contribution in [-0.4, -0.2) is 22.6 Å². The molecule has 7 N–H and O–H groups in total. The van der Waals surface area contributed by atoms with E-state index in [0.29, 0.717) is 10.7 Å². The molecule has 0 amide bonds. The van der Waals surface area contributed by atoms with E-state index < -0.39 is 0 Å². The van der Waals surface area contributed by atoms with Crippen molar-refractivity contribution in [2.75, 3.05) is 12.0 Å². The Labute approximate surface area is 78.0 Å². The predicted molar refractivity (Wildman–Crippen MR) is 52.9 cm³/mol. The summed E-state index contributed by atoms with van der Waals surface area (Å²) in [6, 6.07) is 0. The molecule has 0 radical (unpaired) electrons. The first kappa shape index (κ1) is 11.2. The molecule has 1 aromatic rings. The minimum Gasteiger partial charge on any atom is -0.412 e. The van der Waals surface area contributed by atoms with E-state index in [0.717, 1.165) is 4.34 Å². The van der Waals surface area contributed by atoms with Crippen LogP contribution in [0.5, 0.6) is 0 Å². The quantitative estimate of drug-likeness (QED) is 0.355. The van der Waals surface area contributed by atoms with Crippen LogP contribution >= 0.6 is 23.1 Å². The number of nitrogens with zero attached hydrogens (tertiary/aromatic N) is 1. The molecule has 0 atom stereocenters. The lowest BCUT2D eigenvalue weighted by atomic mass is 10.5. The van der Waals surface area contributed by atoms with Crippen molar-refractivity contribution >= 4 is 34.8 Å². The van der Waals surface area contributed by atoms with Crippen molar-refractivity contribution in [1.82, 2.24) is 4.98 Å². The number of thiazole rings is 1. The van der Waals surface area contributed by atoms with Gasteiger partial charge in [0.25, 0.3) is 0 Å². The van der Waals surface area contributed by atoms with E-state index in [9.17, 15) is 0 Å². The van der Waals surface area contributed by atoms with E-state index >= 15 is 0 Å². The molecule has 7 heteroatoms. The Balaban J connectivity index is 0.00000121. The SMILES string of the molecule is CSc1nc(N)c(C(=N)N)s1.O. The fraction of sp³-hybridized carbons (Fsp3) is 0.200. The van der Waals surface area contributed by atoms with Crippen LogP contribution in [0.1, 0.15) is 4.88 Å². The summed E-state index contributed by atoms with van der Waals surface area (Å²) < 4.78 is 0.840. The fourth-order valence-electron chi connectivity index (χ4n) is 0.592. The van der Waals surface area contributed by atoms with Crippen LogP contribution in [0.3, 0.4) is 0 Å². The minimum atomic E-state index is -0.0136. The highest BCUT2D eigenvalue weighted by Gasteiger charge is 2.09. The van der Waals surface area contributed by atoms with Gasteiger partial charge in [0.15, 0.2) is 4.34 Å². The summed E-state index contributed by atoms with van der Waals surface area (Å²) in [5.74, 6) is 0.340. The van der Waals surface area contributed by atoms with E-state index in [4.69, 9.17) is 16.9 Å². The molecule has 0 aliphatic rings. The molecule has 0 aromatic carbocycles. The predicted octanol–water partition coefficient (Wildman–Crippen LogP) is -0.0934. The van der Waals surface area contributed by atoms with Gasteiger partial charge in [0, 0.05) is 0 Å². The van der Waals surface area contributed by atoms with Crippen molar-refractivity contribution in [3.8, 4) is 0 Å². The van der Waals surface area contributed by atoms with Crippen molar-refractivity contribution in [3.05, 3.63) is 4.88 Å². The van der Waals surface area contributed by atoms with Gasteiger partial charge in [-0.25, -0.2) is 4.98 Å². The maximum atomic E-state index is 7.12. The molecular weight excluding hydrogens is 196 g/mol. The lowest BCUT2D eigenvalue weighted by Gasteiger charge is -1.89. The maximum absolute atomic E-state index is 7.12. The minimum absolute atomic E-state index is 0. The number of thioether (sulfide) groups is 1. The summed E-state index contributed by atoms with van der Waals surface area (Å²) in [5, 5.41) is 7.12. The molecule has 1 heterocycles. The first-order valence-corrected chi connectivity index (χ1v) is 4.84. The Morgan fingerprint density at radius 2 is 2.25 bits per heavy atom. The molecule has 0 saturated heterocycles. The topological polar surface area (TPSA) is 120 Å². The van der Waals surface area contributed by atoms with E-state index in [1.54, 1.807) is 0 Å². The molecule has 0 bridgehead atoms. The van der Waals surface area contributed by atoms with Gasteiger partial charge in [0.05, 0.1) is 0 Å². The van der Waals surface area contributed by atoms with Gasteiger partial charge in [-0.1, -0.05) is 11.8 Å². The molecule has 0 aliphatic heterocycles. The highest BCUT2D eigenvalue weighted by atomic mass is 32.2. The summed E-state index contributed by atoms with van der Waals surface area (Å²) in [7, 11) is 0. The first-order chi connectivity index (χ1) is 5.15. The van der Waals surface area contributed by atoms with Crippen LogP contribution in [0, 0.1) is 5.41 Å². The molecule has 0 spiro atoms. The molecule has 0 aliphatic carbocycles. The zero-order valence-electron chi connectivity index (χ0n) is 6.42. The second kappa shape index (κ2) is 4.29. The van der Waals surface area contributed by atoms with Crippen LogP contribution in [0.15, 0.2) is 4.34 Å². The summed E-state index contributed by atoms with van der Waals surface area (Å²) in [6.45, 7) is 0. The van der Waals surface area contributed by atoms with Crippen molar-refractivity contribution in [1.29, 1.82) is 5.41 Å². The van der Waals surface area contributed by atoms with Gasteiger partial charge >= 0.3 is 0 Å². The average molecular weight is 206 g/mol. The lowest BCUT2D eigenvalue weighted by molar-refractivity contribution is 0.824. The van der Waals surface area contributed by atoms with Gasteiger partial charge < -0.3 is 16.9 Å². The molecule has 1 rings (SSSR count). The zero-order valence-corrected chi connectivity index (χ0v) is 8.05. The largest absolute Gasteiger partial charge is 0.412 e. The Bertz CT molecular complexity index is 285. The highest BCUT2D eigenvalue weighted by Crippen LogP contribution is 2.26. The number of anilines is 1. The summed E-state index contributed by atoms with van der Waals surface area (Å²) >= 11 is 2.84. The van der Waals surface area contributed by atoms with Crippen LogP contribution < -0.4 is 11.5 Å². The Kier molecular flexibility index (Phi) is 4.01. The number of nitrogens with one attached hydrogen (secondary N) is 1. The molecule has 68 valence electrons. The monoisotopic (exact) mass is 206 g/mol. The Morgan fingerprint density at radius 1 is 1.67 bits per heavy atom. The van der Waals surface area contributed by atoms with E-state index in [-0.39, 0.29) is 11.3 Å². The Hall–Kier alpha value is -0.790. The second-order valence-corrected chi connectivity index (χ2v) is 3.86. The van der Waals surface area contributed by atoms with Crippen LogP contribution in [0.4, 0.5) is 5.82 Å². The van der Waals surface area contributed by atoms with E-state index in [1.807, 2.05) is 6.26 Å². The summed E-state index contributed by atoms with van der Waals surface area (Å²) in [5.41, 5.74) is 10.7. The molecule has 0 saturated carbocycles. The van der Waals surface area contributed by atoms with Crippen molar-refractivity contribution in [3.63, 3.8) is 0 Å². The third kappa shape index (κ3) is 2.10. The molecule has 0 unspecified atom stereocenters. The van der Waals surface area contributed by atoms with Gasteiger partial charge in [-0.2, -0.15) is 0 Å². The number of rotatable bonds is 2. The number of hydrogen-bond donors (Lipinski definition) is 3. The number of hydrogen-bond acceptors (Lipinski definition) is 5. The van der Waals surface area contributed by atoms with Crippen LogP contribution in [0.2, 0.25) is 0 Å². The molecular formula is C5H10N4OS2. The van der Waals surface area contributed by atoms with Crippen molar-refractivity contribution in [2.45, 2.75) is 4.34 Å². The van der Waals surface area contributed by atoms with Gasteiger partial charge in [0.1, 0.15) is 16.5 Å². The summed E-state index contributed by atoms with van der Waals surface area (Å²) in [6.07, 6.45) is 1.90. The third-order valence-corrected chi connectivity index (χ3v) is 3.14. The maximum Gasteiger partial charge on any atom is 0.152 e. The molecule has 12 heavy (non-hydrogen) atoms. The number of nitrogens with two attached hydrogens (primary N) is 2. The second-order valence-electron chi connectivity index (χ2n) is 1.81. The Morgan fingerprint density at radius 3 is 2.50 bits per heavy atom. The lowest BCUT2D eigenvalue weighted by Crippen LogP contribution is -2.10. The van der Waals surface area contributed by atoms with Crippen molar-refractivity contribution in [2.24, 2.45) is 5.73 Å². The van der Waals surface area contributed by atoms with Crippen molar-refractivity contribution < 1.29 is 5.48 Å². The smallest absolute Gasteiger partial charge is 0.152 e. The van der Waals surface area contributed by atoms with Crippen LogP contribution in [-0.2, 0) is 0 Å².